The van der Waals surface area contributed by atoms with Crippen LogP contribution in [-0.4, -0.2) is 25.3 Å². The monoisotopic (exact) mass is 289 g/mol. The van der Waals surface area contributed by atoms with Crippen LogP contribution in [0.4, 0.5) is 0 Å². The summed E-state index contributed by atoms with van der Waals surface area (Å²) in [6, 6.07) is 8.59. The molecular formula is C14H15N3O2S. The number of benzene rings is 1. The Hall–Kier alpha value is -1.89. The van der Waals surface area contributed by atoms with Gasteiger partial charge in [0.25, 0.3) is 0 Å². The lowest BCUT2D eigenvalue weighted by Gasteiger charge is -2.21. The Balaban J connectivity index is 2.43. The van der Waals surface area contributed by atoms with Crippen molar-refractivity contribution in [2.75, 3.05) is 6.54 Å². The highest BCUT2D eigenvalue weighted by atomic mass is 32.2. The number of nitriles is 2. The zero-order valence-electron chi connectivity index (χ0n) is 11.2. The fourth-order valence-corrected chi connectivity index (χ4v) is 4.03. The third-order valence-corrected chi connectivity index (χ3v) is 5.40. The van der Waals surface area contributed by atoms with Gasteiger partial charge in [0.1, 0.15) is 0 Å². The van der Waals surface area contributed by atoms with Crippen molar-refractivity contribution in [3.8, 4) is 12.1 Å². The normalized spacial score (nSPS) is 14.8. The van der Waals surface area contributed by atoms with Crippen molar-refractivity contribution in [3.63, 3.8) is 0 Å². The van der Waals surface area contributed by atoms with E-state index in [0.717, 1.165) is 12.8 Å². The van der Waals surface area contributed by atoms with Gasteiger partial charge in [-0.05, 0) is 37.5 Å². The van der Waals surface area contributed by atoms with Crippen molar-refractivity contribution in [2.45, 2.75) is 37.1 Å². The summed E-state index contributed by atoms with van der Waals surface area (Å²) in [7, 11) is -3.64. The van der Waals surface area contributed by atoms with Gasteiger partial charge in [0.15, 0.2) is 0 Å². The molecule has 6 heteroatoms. The van der Waals surface area contributed by atoms with E-state index in [1.165, 1.54) is 10.4 Å². The Morgan fingerprint density at radius 3 is 2.60 bits per heavy atom. The second kappa shape index (κ2) is 5.62. The van der Waals surface area contributed by atoms with E-state index < -0.39 is 10.0 Å². The molecule has 0 unspecified atom stereocenters. The first kappa shape index (κ1) is 14.5. The molecule has 1 aromatic rings. The predicted octanol–water partition coefficient (Wildman–Crippen LogP) is 1.93. The molecule has 0 saturated heterocycles. The van der Waals surface area contributed by atoms with Crippen LogP contribution in [0.2, 0.25) is 0 Å². The van der Waals surface area contributed by atoms with Crippen LogP contribution in [-0.2, 0) is 10.0 Å². The minimum Gasteiger partial charge on any atom is -0.207 e. The van der Waals surface area contributed by atoms with Crippen molar-refractivity contribution in [2.24, 2.45) is 0 Å². The molecule has 2 rings (SSSR count). The van der Waals surface area contributed by atoms with Crippen molar-refractivity contribution in [3.05, 3.63) is 29.3 Å². The number of hydrogen-bond donors (Lipinski definition) is 0. The third kappa shape index (κ3) is 2.82. The van der Waals surface area contributed by atoms with Gasteiger partial charge in [-0.3, -0.25) is 0 Å². The summed E-state index contributed by atoms with van der Waals surface area (Å²) >= 11 is 0. The first-order valence-electron chi connectivity index (χ1n) is 6.40. The lowest BCUT2D eigenvalue weighted by Crippen LogP contribution is -2.34. The third-order valence-electron chi connectivity index (χ3n) is 3.30. The molecule has 5 nitrogen and oxygen atoms in total. The molecule has 0 bridgehead atoms. The lowest BCUT2D eigenvalue weighted by atomic mass is 10.2. The maximum atomic E-state index is 12.7. The predicted molar refractivity (Wildman–Crippen MR) is 73.0 cm³/mol. The molecule has 0 radical (unpaired) electrons. The molecule has 0 atom stereocenters. The molecule has 1 saturated carbocycles. The molecule has 0 spiro atoms. The Morgan fingerprint density at radius 1 is 1.35 bits per heavy atom. The van der Waals surface area contributed by atoms with Gasteiger partial charge in [-0.2, -0.15) is 14.8 Å². The Bertz CT molecular complexity index is 694. The lowest BCUT2D eigenvalue weighted by molar-refractivity contribution is 0.410. The molecular weight excluding hydrogens is 274 g/mol. The first-order valence-corrected chi connectivity index (χ1v) is 7.84. The van der Waals surface area contributed by atoms with E-state index in [4.69, 9.17) is 10.5 Å². The summed E-state index contributed by atoms with van der Waals surface area (Å²) in [5.41, 5.74) is 0.941. The van der Waals surface area contributed by atoms with Crippen LogP contribution in [0.15, 0.2) is 23.1 Å². The maximum absolute atomic E-state index is 12.7. The van der Waals surface area contributed by atoms with Gasteiger partial charge < -0.3 is 0 Å². The largest absolute Gasteiger partial charge is 0.243 e. The van der Waals surface area contributed by atoms with Gasteiger partial charge >= 0.3 is 0 Å². The summed E-state index contributed by atoms with van der Waals surface area (Å²) in [5.74, 6) is 0. The van der Waals surface area contributed by atoms with E-state index >= 15 is 0 Å². The Labute approximate surface area is 119 Å². The van der Waals surface area contributed by atoms with Gasteiger partial charge in [-0.1, -0.05) is 6.07 Å². The summed E-state index contributed by atoms with van der Waals surface area (Å²) in [6.45, 7) is 1.92. The molecule has 1 aliphatic rings. The molecule has 0 N–H and O–H groups in total. The average molecular weight is 289 g/mol. The standard InChI is InChI=1S/C14H15N3O2S/c1-11-3-4-12(10-16)9-14(11)20(18,19)17(8-2-7-15)13-5-6-13/h3-4,9,13H,2,5-6,8H2,1H3. The van der Waals surface area contributed by atoms with E-state index in [1.807, 2.05) is 12.1 Å². The molecule has 1 aliphatic carbocycles. The van der Waals surface area contributed by atoms with Crippen LogP contribution in [0.3, 0.4) is 0 Å². The quantitative estimate of drug-likeness (QED) is 0.829. The Morgan fingerprint density at radius 2 is 2.05 bits per heavy atom. The van der Waals surface area contributed by atoms with E-state index in [0.29, 0.717) is 11.1 Å². The van der Waals surface area contributed by atoms with Crippen LogP contribution >= 0.6 is 0 Å². The minimum atomic E-state index is -3.64. The molecule has 0 amide bonds. The van der Waals surface area contributed by atoms with Crippen LogP contribution < -0.4 is 0 Å². The van der Waals surface area contributed by atoms with E-state index in [2.05, 4.69) is 0 Å². The van der Waals surface area contributed by atoms with E-state index in [-0.39, 0.29) is 23.9 Å². The second-order valence-electron chi connectivity index (χ2n) is 4.85. The number of aryl methyl sites for hydroxylation is 1. The van der Waals surface area contributed by atoms with Gasteiger partial charge in [0, 0.05) is 19.0 Å². The van der Waals surface area contributed by atoms with Crippen LogP contribution in [0.25, 0.3) is 0 Å². The fourth-order valence-electron chi connectivity index (χ4n) is 2.10. The zero-order chi connectivity index (χ0) is 14.8. The van der Waals surface area contributed by atoms with Gasteiger partial charge in [0.2, 0.25) is 10.0 Å². The number of rotatable bonds is 5. The molecule has 0 aromatic heterocycles. The topological polar surface area (TPSA) is 85.0 Å². The van der Waals surface area contributed by atoms with Crippen LogP contribution in [0.5, 0.6) is 0 Å². The van der Waals surface area contributed by atoms with Crippen LogP contribution in [0.1, 0.15) is 30.4 Å². The zero-order valence-corrected chi connectivity index (χ0v) is 12.0. The molecule has 0 heterocycles. The minimum absolute atomic E-state index is 0.00140. The molecule has 0 aliphatic heterocycles. The van der Waals surface area contributed by atoms with Crippen molar-refractivity contribution in [1.82, 2.24) is 4.31 Å². The summed E-state index contributed by atoms with van der Waals surface area (Å²) in [4.78, 5) is 0.168. The van der Waals surface area contributed by atoms with Crippen LogP contribution in [0, 0.1) is 29.6 Å². The van der Waals surface area contributed by atoms with Crippen molar-refractivity contribution in [1.29, 1.82) is 10.5 Å². The number of sulfonamides is 1. The first-order chi connectivity index (χ1) is 9.50. The highest BCUT2D eigenvalue weighted by Gasteiger charge is 2.38. The van der Waals surface area contributed by atoms with Gasteiger partial charge in [0.05, 0.1) is 22.6 Å². The smallest absolute Gasteiger partial charge is 0.207 e. The van der Waals surface area contributed by atoms with E-state index in [1.54, 1.807) is 19.1 Å². The molecule has 1 fully saturated rings. The fraction of sp³-hybridized carbons (Fsp3) is 0.429. The van der Waals surface area contributed by atoms with E-state index in [9.17, 15) is 8.42 Å². The molecule has 1 aromatic carbocycles. The number of nitrogens with zero attached hydrogens (tertiary/aromatic N) is 3. The van der Waals surface area contributed by atoms with Gasteiger partial charge in [-0.25, -0.2) is 8.42 Å². The molecule has 20 heavy (non-hydrogen) atoms. The average Bonchev–Trinajstić information content (AvgIpc) is 3.24. The Kier molecular flexibility index (Phi) is 4.08. The maximum Gasteiger partial charge on any atom is 0.243 e. The summed E-state index contributed by atoms with van der Waals surface area (Å²) < 4.78 is 26.8. The van der Waals surface area contributed by atoms with Crippen molar-refractivity contribution < 1.29 is 8.42 Å². The second-order valence-corrected chi connectivity index (χ2v) is 6.71. The summed E-state index contributed by atoms with van der Waals surface area (Å²) in [6.07, 6.45) is 1.84. The summed E-state index contributed by atoms with van der Waals surface area (Å²) in [5, 5.41) is 17.6. The highest BCUT2D eigenvalue weighted by Crippen LogP contribution is 2.33. The van der Waals surface area contributed by atoms with Crippen molar-refractivity contribution >= 4 is 10.0 Å². The SMILES string of the molecule is Cc1ccc(C#N)cc1S(=O)(=O)N(CCC#N)C1CC1. The number of hydrogen-bond acceptors (Lipinski definition) is 4. The molecule has 104 valence electrons. The highest BCUT2D eigenvalue weighted by molar-refractivity contribution is 7.89. The van der Waals surface area contributed by atoms with Gasteiger partial charge in [-0.15, -0.1) is 0 Å².